The number of para-hydroxylation sites is 1. The van der Waals surface area contributed by atoms with Gasteiger partial charge in [-0.2, -0.15) is 0 Å². The Labute approximate surface area is 124 Å². The van der Waals surface area contributed by atoms with Crippen LogP contribution in [0.5, 0.6) is 11.5 Å². The van der Waals surface area contributed by atoms with Gasteiger partial charge in [0, 0.05) is 16.7 Å². The molecule has 0 aliphatic rings. The quantitative estimate of drug-likeness (QED) is 0.827. The number of thioether (sulfide) groups is 1. The molecule has 3 nitrogen and oxygen atoms in total. The van der Waals surface area contributed by atoms with Crippen LogP contribution in [0.25, 0.3) is 0 Å². The second kappa shape index (κ2) is 7.22. The van der Waals surface area contributed by atoms with E-state index in [0.29, 0.717) is 6.54 Å². The van der Waals surface area contributed by atoms with Gasteiger partial charge in [0.05, 0.1) is 14.2 Å². The van der Waals surface area contributed by atoms with Crippen molar-refractivity contribution in [1.82, 2.24) is 0 Å². The van der Waals surface area contributed by atoms with Crippen molar-refractivity contribution in [3.8, 4) is 11.5 Å². The van der Waals surface area contributed by atoms with E-state index in [0.717, 1.165) is 16.4 Å². The molecule has 2 aromatic rings. The molecule has 0 saturated heterocycles. The van der Waals surface area contributed by atoms with Gasteiger partial charge in [-0.25, -0.2) is 0 Å². The van der Waals surface area contributed by atoms with Crippen molar-refractivity contribution in [2.45, 2.75) is 10.1 Å². The van der Waals surface area contributed by atoms with Gasteiger partial charge in [0.15, 0.2) is 0 Å². The minimum absolute atomic E-state index is 0.192. The third-order valence-electron chi connectivity index (χ3n) is 3.04. The van der Waals surface area contributed by atoms with Gasteiger partial charge in [-0.05, 0) is 29.8 Å². The van der Waals surface area contributed by atoms with Crippen molar-refractivity contribution in [3.63, 3.8) is 0 Å². The summed E-state index contributed by atoms with van der Waals surface area (Å²) >= 11 is 1.72. The molecule has 0 bridgehead atoms. The third-order valence-corrected chi connectivity index (χ3v) is 4.38. The van der Waals surface area contributed by atoms with Crippen LogP contribution < -0.4 is 15.2 Å². The predicted molar refractivity (Wildman–Crippen MR) is 83.6 cm³/mol. The highest BCUT2D eigenvalue weighted by Crippen LogP contribution is 2.39. The molecule has 0 spiro atoms. The Kier molecular flexibility index (Phi) is 5.32. The molecular weight excluding hydrogens is 270 g/mol. The molecule has 0 radical (unpaired) electrons. The summed E-state index contributed by atoms with van der Waals surface area (Å²) in [5.74, 6) is 1.73. The first-order valence-electron chi connectivity index (χ1n) is 6.42. The van der Waals surface area contributed by atoms with Crippen molar-refractivity contribution in [2.75, 3.05) is 20.8 Å². The molecule has 2 N–H and O–H groups in total. The van der Waals surface area contributed by atoms with E-state index in [1.807, 2.05) is 30.3 Å². The fourth-order valence-corrected chi connectivity index (χ4v) is 3.06. The zero-order valence-electron chi connectivity index (χ0n) is 11.7. The van der Waals surface area contributed by atoms with Gasteiger partial charge in [0.25, 0.3) is 0 Å². The lowest BCUT2D eigenvalue weighted by Gasteiger charge is -2.17. The molecule has 2 rings (SSSR count). The summed E-state index contributed by atoms with van der Waals surface area (Å²) in [6.07, 6.45) is 0. The number of hydrogen-bond acceptors (Lipinski definition) is 4. The van der Waals surface area contributed by atoms with Gasteiger partial charge in [-0.3, -0.25) is 0 Å². The third kappa shape index (κ3) is 3.46. The normalized spacial score (nSPS) is 11.9. The van der Waals surface area contributed by atoms with E-state index in [1.54, 1.807) is 26.0 Å². The predicted octanol–water partition coefficient (Wildman–Crippen LogP) is 3.50. The number of nitrogens with two attached hydrogens (primary N) is 1. The van der Waals surface area contributed by atoms with Crippen molar-refractivity contribution >= 4 is 11.8 Å². The Bertz CT molecular complexity index is 542. The first-order valence-corrected chi connectivity index (χ1v) is 7.30. The molecule has 2 aromatic carbocycles. The Morgan fingerprint density at radius 1 is 1.00 bits per heavy atom. The summed E-state index contributed by atoms with van der Waals surface area (Å²) in [4.78, 5) is 1.10. The van der Waals surface area contributed by atoms with Crippen molar-refractivity contribution in [1.29, 1.82) is 0 Å². The number of benzene rings is 2. The summed E-state index contributed by atoms with van der Waals surface area (Å²) < 4.78 is 10.6. The maximum atomic E-state index is 5.92. The van der Waals surface area contributed by atoms with Crippen LogP contribution in [0.3, 0.4) is 0 Å². The van der Waals surface area contributed by atoms with Gasteiger partial charge in [0.2, 0.25) is 0 Å². The zero-order valence-corrected chi connectivity index (χ0v) is 12.5. The molecule has 20 heavy (non-hydrogen) atoms. The number of ether oxygens (including phenoxy) is 2. The second-order valence-electron chi connectivity index (χ2n) is 4.27. The summed E-state index contributed by atoms with van der Waals surface area (Å²) in [7, 11) is 3.35. The van der Waals surface area contributed by atoms with Crippen molar-refractivity contribution < 1.29 is 9.47 Å². The molecule has 1 unspecified atom stereocenters. The standard InChI is InChI=1S/C16H19NO2S/c1-18-13-9-7-12(8-10-13)16(11-17)20-15-6-4-3-5-14(15)19-2/h3-10,16H,11,17H2,1-2H3. The first kappa shape index (κ1) is 14.8. The Morgan fingerprint density at radius 2 is 1.70 bits per heavy atom. The topological polar surface area (TPSA) is 44.5 Å². The van der Waals surface area contributed by atoms with Gasteiger partial charge in [-0.15, -0.1) is 11.8 Å². The van der Waals surface area contributed by atoms with Crippen LogP contribution in [0, 0.1) is 0 Å². The lowest BCUT2D eigenvalue weighted by molar-refractivity contribution is 0.404. The highest BCUT2D eigenvalue weighted by atomic mass is 32.2. The average molecular weight is 289 g/mol. The van der Waals surface area contributed by atoms with Crippen LogP contribution >= 0.6 is 11.8 Å². The molecular formula is C16H19NO2S. The summed E-state index contributed by atoms with van der Waals surface area (Å²) in [6, 6.07) is 16.0. The average Bonchev–Trinajstić information content (AvgIpc) is 2.53. The van der Waals surface area contributed by atoms with Gasteiger partial charge >= 0.3 is 0 Å². The molecule has 0 aliphatic carbocycles. The monoisotopic (exact) mass is 289 g/mol. The molecule has 0 saturated carbocycles. The minimum Gasteiger partial charge on any atom is -0.497 e. The minimum atomic E-state index is 0.192. The van der Waals surface area contributed by atoms with E-state index < -0.39 is 0 Å². The highest BCUT2D eigenvalue weighted by Gasteiger charge is 2.14. The molecule has 0 heterocycles. The van der Waals surface area contributed by atoms with E-state index in [2.05, 4.69) is 18.2 Å². The van der Waals surface area contributed by atoms with Crippen LogP contribution in [0.4, 0.5) is 0 Å². The lowest BCUT2D eigenvalue weighted by atomic mass is 10.1. The van der Waals surface area contributed by atoms with Crippen LogP contribution in [0.15, 0.2) is 53.4 Å². The van der Waals surface area contributed by atoms with Gasteiger partial charge in [0.1, 0.15) is 11.5 Å². The van der Waals surface area contributed by atoms with E-state index in [-0.39, 0.29) is 5.25 Å². The molecule has 0 aliphatic heterocycles. The maximum absolute atomic E-state index is 5.92. The second-order valence-corrected chi connectivity index (χ2v) is 5.51. The fraction of sp³-hybridized carbons (Fsp3) is 0.250. The molecule has 106 valence electrons. The van der Waals surface area contributed by atoms with Crippen molar-refractivity contribution in [2.24, 2.45) is 5.73 Å². The van der Waals surface area contributed by atoms with Crippen LogP contribution in [-0.4, -0.2) is 20.8 Å². The molecule has 0 aromatic heterocycles. The summed E-state index contributed by atoms with van der Waals surface area (Å²) in [5.41, 5.74) is 7.11. The molecule has 0 fully saturated rings. The number of hydrogen-bond donors (Lipinski definition) is 1. The first-order chi connectivity index (χ1) is 9.78. The van der Waals surface area contributed by atoms with Gasteiger partial charge < -0.3 is 15.2 Å². The summed E-state index contributed by atoms with van der Waals surface area (Å²) in [6.45, 7) is 0.565. The number of methoxy groups -OCH3 is 2. The smallest absolute Gasteiger partial charge is 0.132 e. The fourth-order valence-electron chi connectivity index (χ4n) is 1.94. The van der Waals surface area contributed by atoms with E-state index in [1.165, 1.54) is 5.56 Å². The van der Waals surface area contributed by atoms with E-state index >= 15 is 0 Å². The maximum Gasteiger partial charge on any atom is 0.132 e. The molecule has 0 amide bonds. The lowest BCUT2D eigenvalue weighted by Crippen LogP contribution is -2.09. The largest absolute Gasteiger partial charge is 0.497 e. The highest BCUT2D eigenvalue weighted by molar-refractivity contribution is 7.99. The van der Waals surface area contributed by atoms with Crippen LogP contribution in [0.2, 0.25) is 0 Å². The van der Waals surface area contributed by atoms with Gasteiger partial charge in [-0.1, -0.05) is 24.3 Å². The Balaban J connectivity index is 2.19. The number of rotatable bonds is 6. The molecule has 4 heteroatoms. The van der Waals surface area contributed by atoms with Crippen LogP contribution in [-0.2, 0) is 0 Å². The van der Waals surface area contributed by atoms with E-state index in [9.17, 15) is 0 Å². The van der Waals surface area contributed by atoms with Crippen molar-refractivity contribution in [3.05, 3.63) is 54.1 Å². The molecule has 1 atom stereocenters. The Morgan fingerprint density at radius 3 is 2.30 bits per heavy atom. The Hall–Kier alpha value is -1.65. The van der Waals surface area contributed by atoms with Crippen LogP contribution in [0.1, 0.15) is 10.8 Å². The SMILES string of the molecule is COc1ccc(C(CN)Sc2ccccc2OC)cc1. The van der Waals surface area contributed by atoms with E-state index in [4.69, 9.17) is 15.2 Å². The summed E-state index contributed by atoms with van der Waals surface area (Å²) in [5, 5.41) is 0.192. The zero-order chi connectivity index (χ0) is 14.4.